The van der Waals surface area contributed by atoms with Crippen LogP contribution < -0.4 is 15.5 Å². The van der Waals surface area contributed by atoms with Crippen molar-refractivity contribution < 1.29 is 18.0 Å². The van der Waals surface area contributed by atoms with Crippen molar-refractivity contribution in [2.24, 2.45) is 0 Å². The summed E-state index contributed by atoms with van der Waals surface area (Å²) < 4.78 is 37.9. The van der Waals surface area contributed by atoms with E-state index in [0.717, 1.165) is 56.2 Å². The molecule has 5 nitrogen and oxygen atoms in total. The third kappa shape index (κ3) is 5.66. The van der Waals surface area contributed by atoms with Crippen molar-refractivity contribution in [1.29, 1.82) is 0 Å². The number of hydrogen-bond acceptors (Lipinski definition) is 4. The molecule has 0 saturated carbocycles. The van der Waals surface area contributed by atoms with E-state index in [1.807, 2.05) is 24.3 Å². The highest BCUT2D eigenvalue weighted by atomic mass is 19.4. The number of amides is 1. The molecule has 0 bridgehead atoms. The van der Waals surface area contributed by atoms with Crippen molar-refractivity contribution in [2.75, 3.05) is 48.3 Å². The van der Waals surface area contributed by atoms with Crippen LogP contribution in [-0.2, 0) is 11.0 Å². The number of carbonyl (C=O) groups is 1. The topological polar surface area (TPSA) is 47.6 Å². The quantitative estimate of drug-likeness (QED) is 0.732. The van der Waals surface area contributed by atoms with Crippen LogP contribution in [0.25, 0.3) is 0 Å². The molecule has 3 rings (SSSR count). The molecule has 1 amide bonds. The molecule has 2 aromatic rings. The summed E-state index contributed by atoms with van der Waals surface area (Å²) in [6, 6.07) is 11.8. The van der Waals surface area contributed by atoms with Crippen molar-refractivity contribution >= 4 is 23.0 Å². The van der Waals surface area contributed by atoms with Gasteiger partial charge < -0.3 is 20.4 Å². The number of anilines is 3. The molecule has 1 atom stereocenters. The summed E-state index contributed by atoms with van der Waals surface area (Å²) in [6.45, 7) is 9.04. The Morgan fingerprint density at radius 2 is 1.53 bits per heavy atom. The van der Waals surface area contributed by atoms with Crippen LogP contribution in [0.1, 0.15) is 19.4 Å². The molecule has 0 spiro atoms. The predicted octanol–water partition coefficient (Wildman–Crippen LogP) is 4.29. The van der Waals surface area contributed by atoms with Crippen molar-refractivity contribution in [3.05, 3.63) is 54.1 Å². The van der Waals surface area contributed by atoms with Crippen LogP contribution >= 0.6 is 0 Å². The van der Waals surface area contributed by atoms with Crippen LogP contribution in [0.4, 0.5) is 30.2 Å². The van der Waals surface area contributed by atoms with Gasteiger partial charge in [0.25, 0.3) is 0 Å². The highest BCUT2D eigenvalue weighted by Crippen LogP contribution is 2.29. The minimum absolute atomic E-state index is 0.322. The molecule has 8 heteroatoms. The first-order chi connectivity index (χ1) is 14.3. The molecule has 1 aliphatic heterocycles. The summed E-state index contributed by atoms with van der Waals surface area (Å²) >= 11 is 0. The van der Waals surface area contributed by atoms with E-state index < -0.39 is 17.8 Å². The Morgan fingerprint density at radius 1 is 0.967 bits per heavy atom. The van der Waals surface area contributed by atoms with E-state index in [1.54, 1.807) is 6.92 Å². The Kier molecular flexibility index (Phi) is 6.87. The Labute approximate surface area is 174 Å². The highest BCUT2D eigenvalue weighted by molar-refractivity contribution is 5.96. The Bertz CT molecular complexity index is 829. The fourth-order valence-corrected chi connectivity index (χ4v) is 3.40. The number of benzene rings is 2. The fraction of sp³-hybridized carbons (Fsp3) is 0.409. The summed E-state index contributed by atoms with van der Waals surface area (Å²) in [4.78, 5) is 17.1. The van der Waals surface area contributed by atoms with Crippen LogP contribution in [0.15, 0.2) is 48.5 Å². The maximum absolute atomic E-state index is 12.6. The van der Waals surface area contributed by atoms with E-state index in [1.165, 1.54) is 12.1 Å². The monoisotopic (exact) mass is 420 g/mol. The van der Waals surface area contributed by atoms with Crippen molar-refractivity contribution in [1.82, 2.24) is 4.90 Å². The van der Waals surface area contributed by atoms with Gasteiger partial charge in [-0.1, -0.05) is 6.92 Å². The fourth-order valence-electron chi connectivity index (χ4n) is 3.40. The lowest BCUT2D eigenvalue weighted by atomic mass is 10.2. The van der Waals surface area contributed by atoms with Crippen molar-refractivity contribution in [3.8, 4) is 0 Å². The van der Waals surface area contributed by atoms with Gasteiger partial charge in [-0.05, 0) is 62.0 Å². The van der Waals surface area contributed by atoms with Crippen LogP contribution in [0.5, 0.6) is 0 Å². The smallest absolute Gasteiger partial charge is 0.374 e. The number of rotatable bonds is 6. The average molecular weight is 420 g/mol. The van der Waals surface area contributed by atoms with Gasteiger partial charge in [0.2, 0.25) is 5.91 Å². The summed E-state index contributed by atoms with van der Waals surface area (Å²) in [6.07, 6.45) is -4.40. The number of piperazine rings is 1. The summed E-state index contributed by atoms with van der Waals surface area (Å²) in [5, 5.41) is 5.76. The number of hydrogen-bond donors (Lipinski definition) is 2. The van der Waals surface area contributed by atoms with Gasteiger partial charge in [-0.15, -0.1) is 0 Å². The number of nitrogens with one attached hydrogen (secondary N) is 2. The maximum atomic E-state index is 12.6. The van der Waals surface area contributed by atoms with Gasteiger partial charge >= 0.3 is 6.18 Å². The molecule has 2 aromatic carbocycles. The van der Waals surface area contributed by atoms with Gasteiger partial charge in [-0.3, -0.25) is 4.79 Å². The van der Waals surface area contributed by atoms with Gasteiger partial charge in [-0.2, -0.15) is 13.2 Å². The largest absolute Gasteiger partial charge is 0.416 e. The van der Waals surface area contributed by atoms with Crippen LogP contribution in [-0.4, -0.2) is 49.6 Å². The third-order valence-corrected chi connectivity index (χ3v) is 5.31. The zero-order valence-corrected chi connectivity index (χ0v) is 17.2. The number of likely N-dealkylation sites (N-methyl/N-ethyl adjacent to an activating group) is 1. The number of carbonyl (C=O) groups excluding carboxylic acids is 1. The molecule has 0 radical (unpaired) electrons. The van der Waals surface area contributed by atoms with Gasteiger partial charge in [0.1, 0.15) is 6.04 Å². The van der Waals surface area contributed by atoms with Crippen LogP contribution in [0.3, 0.4) is 0 Å². The first-order valence-corrected chi connectivity index (χ1v) is 10.1. The van der Waals surface area contributed by atoms with Gasteiger partial charge in [-0.25, -0.2) is 0 Å². The van der Waals surface area contributed by atoms with E-state index in [2.05, 4.69) is 27.4 Å². The molecular weight excluding hydrogens is 393 g/mol. The van der Waals surface area contributed by atoms with E-state index in [-0.39, 0.29) is 5.91 Å². The van der Waals surface area contributed by atoms with Gasteiger partial charge in [0.15, 0.2) is 0 Å². The summed E-state index contributed by atoms with van der Waals surface area (Å²) in [7, 11) is 0. The lowest BCUT2D eigenvalue weighted by Gasteiger charge is -2.35. The molecule has 0 aliphatic carbocycles. The molecule has 162 valence electrons. The molecule has 30 heavy (non-hydrogen) atoms. The molecule has 1 aliphatic rings. The van der Waals surface area contributed by atoms with Gasteiger partial charge in [0.05, 0.1) is 5.56 Å². The van der Waals surface area contributed by atoms with Crippen LogP contribution in [0.2, 0.25) is 0 Å². The second-order valence-corrected chi connectivity index (χ2v) is 7.40. The first-order valence-electron chi connectivity index (χ1n) is 10.1. The highest BCUT2D eigenvalue weighted by Gasteiger charge is 2.30. The molecule has 1 heterocycles. The zero-order chi connectivity index (χ0) is 21.7. The normalized spacial score (nSPS) is 16.2. The summed E-state index contributed by atoms with van der Waals surface area (Å²) in [5.74, 6) is -0.325. The summed E-state index contributed by atoms with van der Waals surface area (Å²) in [5.41, 5.74) is 1.53. The second-order valence-electron chi connectivity index (χ2n) is 7.40. The molecular formula is C22H27F3N4O. The first kappa shape index (κ1) is 22.0. The number of nitrogens with zero attached hydrogens (tertiary/aromatic N) is 2. The lowest BCUT2D eigenvalue weighted by molar-refractivity contribution is -0.137. The molecule has 0 unspecified atom stereocenters. The Morgan fingerprint density at radius 3 is 2.07 bits per heavy atom. The molecule has 0 aromatic heterocycles. The Balaban J connectivity index is 1.52. The van der Waals surface area contributed by atoms with E-state index in [9.17, 15) is 18.0 Å². The number of alkyl halides is 3. The zero-order valence-electron chi connectivity index (χ0n) is 17.2. The minimum atomic E-state index is -4.40. The van der Waals surface area contributed by atoms with Crippen molar-refractivity contribution in [3.63, 3.8) is 0 Å². The lowest BCUT2D eigenvalue weighted by Crippen LogP contribution is -2.46. The van der Waals surface area contributed by atoms with Crippen molar-refractivity contribution in [2.45, 2.75) is 26.1 Å². The molecule has 1 saturated heterocycles. The maximum Gasteiger partial charge on any atom is 0.416 e. The van der Waals surface area contributed by atoms with E-state index >= 15 is 0 Å². The van der Waals surface area contributed by atoms with Gasteiger partial charge in [0, 0.05) is 43.2 Å². The third-order valence-electron chi connectivity index (χ3n) is 5.31. The predicted molar refractivity (Wildman–Crippen MR) is 114 cm³/mol. The SMILES string of the molecule is CCN1CCN(c2ccc(N[C@H](C)C(=O)Nc3ccc(C(F)(F)F)cc3)cc2)CC1. The Hall–Kier alpha value is -2.74. The van der Waals surface area contributed by atoms with Crippen LogP contribution in [0, 0.1) is 0 Å². The molecule has 2 N–H and O–H groups in total. The second kappa shape index (κ2) is 9.38. The standard InChI is InChI=1S/C22H27F3N4O/c1-3-28-12-14-29(15-13-28)20-10-8-18(9-11-20)26-16(2)21(30)27-19-6-4-17(5-7-19)22(23,24)25/h4-11,16,26H,3,12-15H2,1-2H3,(H,27,30)/t16-/m1/s1. The number of halogens is 3. The van der Waals surface area contributed by atoms with E-state index in [0.29, 0.717) is 5.69 Å². The van der Waals surface area contributed by atoms with E-state index in [4.69, 9.17) is 0 Å². The minimum Gasteiger partial charge on any atom is -0.374 e. The average Bonchev–Trinajstić information content (AvgIpc) is 2.74. The molecule has 1 fully saturated rings.